The molecule has 0 unspecified atom stereocenters. The first-order valence-electron chi connectivity index (χ1n) is 4.15. The average molecular weight is 254 g/mol. The third-order valence-corrected chi connectivity index (χ3v) is 2.19. The Hall–Kier alpha value is -2.47. The molecular formula is C8H6N4O4S. The number of nitrogens with zero attached hydrogens (tertiary/aromatic N) is 3. The van der Waals surface area contributed by atoms with E-state index < -0.39 is 11.7 Å². The number of anilines is 1. The second kappa shape index (κ2) is 6.19. The van der Waals surface area contributed by atoms with Crippen molar-refractivity contribution in [1.29, 1.82) is 5.26 Å². The van der Waals surface area contributed by atoms with Gasteiger partial charge in [-0.15, -0.1) is 11.3 Å². The molecule has 9 heteroatoms. The van der Waals surface area contributed by atoms with Crippen LogP contribution in [0, 0.1) is 11.3 Å². The Bertz CT molecular complexity index is 490. The number of hydrogen-bond donors (Lipinski definition) is 2. The maximum absolute atomic E-state index is 10.8. The number of oxime groups is 1. The molecule has 0 aliphatic rings. The van der Waals surface area contributed by atoms with Crippen LogP contribution in [0.5, 0.6) is 0 Å². The quantitative estimate of drug-likeness (QED) is 0.319. The zero-order valence-corrected chi connectivity index (χ0v) is 9.10. The molecule has 88 valence electrons. The van der Waals surface area contributed by atoms with E-state index in [1.54, 1.807) is 6.07 Å². The molecule has 1 heterocycles. The SMILES string of the molecule is N#CCO/N=C(\C(=O)O)c1csc(NC=O)n1. The van der Waals surface area contributed by atoms with Gasteiger partial charge in [-0.2, -0.15) is 5.26 Å². The number of carboxylic acids is 1. The van der Waals surface area contributed by atoms with Crippen LogP contribution < -0.4 is 5.32 Å². The number of thiazole rings is 1. The van der Waals surface area contributed by atoms with Crippen molar-refractivity contribution in [2.45, 2.75) is 0 Å². The third-order valence-electron chi connectivity index (χ3n) is 1.42. The van der Waals surface area contributed by atoms with Gasteiger partial charge in [-0.3, -0.25) is 4.79 Å². The molecule has 1 aromatic heterocycles. The van der Waals surface area contributed by atoms with Gasteiger partial charge in [0.15, 0.2) is 5.13 Å². The molecule has 1 rings (SSSR count). The Morgan fingerprint density at radius 2 is 2.59 bits per heavy atom. The Balaban J connectivity index is 2.90. The largest absolute Gasteiger partial charge is 0.476 e. The highest BCUT2D eigenvalue weighted by molar-refractivity contribution is 7.14. The number of carboxylic acid groups (broad SMARTS) is 1. The molecule has 0 bridgehead atoms. The molecule has 0 radical (unpaired) electrons. The fourth-order valence-electron chi connectivity index (χ4n) is 0.820. The minimum Gasteiger partial charge on any atom is -0.476 e. The first kappa shape index (κ1) is 12.6. The molecule has 0 atom stereocenters. The summed E-state index contributed by atoms with van der Waals surface area (Å²) in [6.45, 7) is -0.361. The monoisotopic (exact) mass is 254 g/mol. The van der Waals surface area contributed by atoms with E-state index in [-0.39, 0.29) is 17.4 Å². The van der Waals surface area contributed by atoms with Crippen LogP contribution in [0.3, 0.4) is 0 Å². The van der Waals surface area contributed by atoms with Crippen molar-refractivity contribution in [2.24, 2.45) is 5.16 Å². The molecular weight excluding hydrogens is 248 g/mol. The summed E-state index contributed by atoms with van der Waals surface area (Å²) in [5.41, 5.74) is -0.389. The molecule has 2 N–H and O–H groups in total. The first-order valence-corrected chi connectivity index (χ1v) is 5.03. The van der Waals surface area contributed by atoms with Gasteiger partial charge >= 0.3 is 5.97 Å². The van der Waals surface area contributed by atoms with Crippen molar-refractivity contribution in [1.82, 2.24) is 4.98 Å². The van der Waals surface area contributed by atoms with Crippen LogP contribution in [0.1, 0.15) is 5.69 Å². The van der Waals surface area contributed by atoms with Gasteiger partial charge in [0.2, 0.25) is 18.7 Å². The number of rotatable bonds is 6. The van der Waals surface area contributed by atoms with Gasteiger partial charge in [0, 0.05) is 5.38 Å². The van der Waals surface area contributed by atoms with E-state index in [4.69, 9.17) is 10.4 Å². The van der Waals surface area contributed by atoms with Gasteiger partial charge in [0.25, 0.3) is 0 Å². The number of aromatic nitrogens is 1. The molecule has 1 aromatic rings. The predicted octanol–water partition coefficient (Wildman–Crippen LogP) is 0.0403. The van der Waals surface area contributed by atoms with Crippen molar-refractivity contribution in [3.05, 3.63) is 11.1 Å². The van der Waals surface area contributed by atoms with E-state index in [0.29, 0.717) is 6.41 Å². The number of aliphatic carboxylic acids is 1. The third kappa shape index (κ3) is 3.54. The molecule has 1 amide bonds. The summed E-state index contributed by atoms with van der Waals surface area (Å²) in [7, 11) is 0. The number of hydrogen-bond acceptors (Lipinski definition) is 7. The Labute approximate surface area is 99.1 Å². The normalized spacial score (nSPS) is 10.4. The number of nitriles is 1. The zero-order chi connectivity index (χ0) is 12.7. The molecule has 0 aromatic carbocycles. The molecule has 8 nitrogen and oxygen atoms in total. The summed E-state index contributed by atoms with van der Waals surface area (Å²) in [4.78, 5) is 29.2. The summed E-state index contributed by atoms with van der Waals surface area (Å²) < 4.78 is 0. The van der Waals surface area contributed by atoms with Crippen molar-refractivity contribution in [2.75, 3.05) is 11.9 Å². The van der Waals surface area contributed by atoms with E-state index in [2.05, 4.69) is 20.3 Å². The van der Waals surface area contributed by atoms with Crippen molar-refractivity contribution < 1.29 is 19.5 Å². The maximum Gasteiger partial charge on any atom is 0.360 e. The van der Waals surface area contributed by atoms with Gasteiger partial charge < -0.3 is 15.3 Å². The summed E-state index contributed by atoms with van der Waals surface area (Å²) in [5, 5.41) is 24.2. The second-order valence-electron chi connectivity index (χ2n) is 2.48. The smallest absolute Gasteiger partial charge is 0.360 e. The maximum atomic E-state index is 10.8. The van der Waals surface area contributed by atoms with Gasteiger partial charge in [-0.25, -0.2) is 9.78 Å². The zero-order valence-electron chi connectivity index (χ0n) is 8.28. The van der Waals surface area contributed by atoms with E-state index in [9.17, 15) is 9.59 Å². The predicted molar refractivity (Wildman–Crippen MR) is 57.5 cm³/mol. The summed E-state index contributed by atoms with van der Waals surface area (Å²) in [6.07, 6.45) is 0.423. The number of amides is 1. The highest BCUT2D eigenvalue weighted by Gasteiger charge is 2.17. The molecule has 17 heavy (non-hydrogen) atoms. The lowest BCUT2D eigenvalue weighted by Gasteiger charge is -1.96. The van der Waals surface area contributed by atoms with Gasteiger partial charge in [0.05, 0.1) is 0 Å². The number of carbonyl (C=O) groups excluding carboxylic acids is 1. The van der Waals surface area contributed by atoms with Crippen LogP contribution in [-0.4, -0.2) is 34.8 Å². The van der Waals surface area contributed by atoms with Crippen LogP contribution in [0.4, 0.5) is 5.13 Å². The molecule has 0 aliphatic carbocycles. The second-order valence-corrected chi connectivity index (χ2v) is 3.33. The highest BCUT2D eigenvalue weighted by atomic mass is 32.1. The molecule has 0 spiro atoms. The Morgan fingerprint density at radius 3 is 3.18 bits per heavy atom. The number of nitrogens with one attached hydrogen (secondary N) is 1. The van der Waals surface area contributed by atoms with Crippen LogP contribution in [0.25, 0.3) is 0 Å². The molecule has 0 fully saturated rings. The van der Waals surface area contributed by atoms with Gasteiger partial charge in [-0.1, -0.05) is 5.16 Å². The lowest BCUT2D eigenvalue weighted by Crippen LogP contribution is -2.15. The van der Waals surface area contributed by atoms with E-state index >= 15 is 0 Å². The topological polar surface area (TPSA) is 125 Å². The van der Waals surface area contributed by atoms with E-state index in [1.165, 1.54) is 5.38 Å². The lowest BCUT2D eigenvalue weighted by atomic mass is 10.3. The van der Waals surface area contributed by atoms with Crippen molar-refractivity contribution >= 4 is 34.6 Å². The Kier molecular flexibility index (Phi) is 4.58. The van der Waals surface area contributed by atoms with Gasteiger partial charge in [0.1, 0.15) is 11.8 Å². The minimum absolute atomic E-state index is 0.0461. The first-order chi connectivity index (χ1) is 8.19. The van der Waals surface area contributed by atoms with E-state index in [1.807, 2.05) is 0 Å². The molecule has 0 saturated heterocycles. The van der Waals surface area contributed by atoms with E-state index in [0.717, 1.165) is 11.3 Å². The van der Waals surface area contributed by atoms with Crippen molar-refractivity contribution in [3.8, 4) is 6.07 Å². The van der Waals surface area contributed by atoms with Crippen LogP contribution in [0.15, 0.2) is 10.5 Å². The van der Waals surface area contributed by atoms with Gasteiger partial charge in [-0.05, 0) is 0 Å². The Morgan fingerprint density at radius 1 is 1.82 bits per heavy atom. The molecule has 0 aliphatic heterocycles. The minimum atomic E-state index is -1.34. The standard InChI is InChI=1S/C8H6N4O4S/c9-1-2-16-12-6(7(14)15)5-3-17-8(11-5)10-4-13/h3-4H,2H2,(H,14,15)(H,10,11,13)/b12-6-. The molecule has 0 saturated carbocycles. The van der Waals surface area contributed by atoms with Crippen molar-refractivity contribution in [3.63, 3.8) is 0 Å². The van der Waals surface area contributed by atoms with Crippen LogP contribution in [0.2, 0.25) is 0 Å². The lowest BCUT2D eigenvalue weighted by molar-refractivity contribution is -0.129. The number of carbonyl (C=O) groups is 2. The average Bonchev–Trinajstić information content (AvgIpc) is 2.73. The fraction of sp³-hybridized carbons (Fsp3) is 0.125. The summed E-state index contributed by atoms with van der Waals surface area (Å²) in [5.74, 6) is -1.34. The summed E-state index contributed by atoms with van der Waals surface area (Å²) >= 11 is 1.04. The van der Waals surface area contributed by atoms with Crippen LogP contribution in [-0.2, 0) is 14.4 Å². The highest BCUT2D eigenvalue weighted by Crippen LogP contribution is 2.15. The summed E-state index contributed by atoms with van der Waals surface area (Å²) in [6, 6.07) is 1.64. The fourth-order valence-corrected chi connectivity index (χ4v) is 1.48. The van der Waals surface area contributed by atoms with Crippen LogP contribution >= 0.6 is 11.3 Å².